The maximum Gasteiger partial charge on any atom is 0.228 e. The molecule has 2 aromatic carbocycles. The van der Waals surface area contributed by atoms with Crippen molar-refractivity contribution < 1.29 is 9.59 Å². The number of nitrogens with zero attached hydrogens (tertiary/aromatic N) is 2. The highest BCUT2D eigenvalue weighted by atomic mass is 16.2. The fourth-order valence-electron chi connectivity index (χ4n) is 2.60. The largest absolute Gasteiger partial charge is 0.324 e. The molecule has 1 heterocycles. The molecule has 1 N–H and O–H groups in total. The first-order valence-electron chi connectivity index (χ1n) is 8.01. The number of anilines is 2. The molecule has 5 nitrogen and oxygen atoms in total. The van der Waals surface area contributed by atoms with Crippen LogP contribution in [0.15, 0.2) is 60.8 Å². The predicted molar refractivity (Wildman–Crippen MR) is 99.6 cm³/mol. The summed E-state index contributed by atoms with van der Waals surface area (Å²) in [4.78, 5) is 29.6. The molecule has 0 unspecified atom stereocenters. The van der Waals surface area contributed by atoms with E-state index in [1.54, 1.807) is 18.1 Å². The highest BCUT2D eigenvalue weighted by Gasteiger charge is 2.09. The van der Waals surface area contributed by atoms with Gasteiger partial charge in [0.05, 0.1) is 17.6 Å². The molecule has 126 valence electrons. The molecule has 0 atom stereocenters. The van der Waals surface area contributed by atoms with Crippen LogP contribution in [-0.4, -0.2) is 23.8 Å². The minimum absolute atomic E-state index is 0.0334. The first-order chi connectivity index (χ1) is 12.0. The Bertz CT molecular complexity index is 914. The fraction of sp³-hybridized carbons (Fsp3) is 0.150. The smallest absolute Gasteiger partial charge is 0.228 e. The van der Waals surface area contributed by atoms with E-state index in [1.807, 2.05) is 54.6 Å². The van der Waals surface area contributed by atoms with Gasteiger partial charge < -0.3 is 10.2 Å². The molecule has 0 fully saturated rings. The number of para-hydroxylation sites is 1. The molecule has 0 aliphatic rings. The molecule has 0 saturated heterocycles. The Kier molecular flexibility index (Phi) is 4.75. The van der Waals surface area contributed by atoms with Gasteiger partial charge in [-0.2, -0.15) is 0 Å². The lowest BCUT2D eigenvalue weighted by Crippen LogP contribution is -2.22. The van der Waals surface area contributed by atoms with Crippen molar-refractivity contribution in [2.24, 2.45) is 0 Å². The molecule has 0 aliphatic heterocycles. The van der Waals surface area contributed by atoms with E-state index in [4.69, 9.17) is 0 Å². The van der Waals surface area contributed by atoms with Crippen LogP contribution < -0.4 is 10.2 Å². The summed E-state index contributed by atoms with van der Waals surface area (Å²) in [5, 5.41) is 3.91. The van der Waals surface area contributed by atoms with Gasteiger partial charge in [0.25, 0.3) is 0 Å². The SMILES string of the molecule is CC(=O)N(C)c1ccc(CC(=O)Nc2cccc3cccnc23)cc1. The number of carbonyl (C=O) groups is 2. The van der Waals surface area contributed by atoms with Gasteiger partial charge in [-0.05, 0) is 29.8 Å². The van der Waals surface area contributed by atoms with Gasteiger partial charge in [0.1, 0.15) is 0 Å². The van der Waals surface area contributed by atoms with E-state index in [9.17, 15) is 9.59 Å². The zero-order valence-corrected chi connectivity index (χ0v) is 14.2. The van der Waals surface area contributed by atoms with E-state index in [-0.39, 0.29) is 18.2 Å². The number of fused-ring (bicyclic) bond motifs is 1. The van der Waals surface area contributed by atoms with Crippen LogP contribution in [0.25, 0.3) is 10.9 Å². The van der Waals surface area contributed by atoms with Crippen LogP contribution in [-0.2, 0) is 16.0 Å². The fourth-order valence-corrected chi connectivity index (χ4v) is 2.60. The molecule has 2 amide bonds. The molecule has 3 aromatic rings. The molecule has 0 radical (unpaired) electrons. The molecule has 25 heavy (non-hydrogen) atoms. The monoisotopic (exact) mass is 333 g/mol. The first kappa shape index (κ1) is 16.6. The van der Waals surface area contributed by atoms with Gasteiger partial charge >= 0.3 is 0 Å². The van der Waals surface area contributed by atoms with Crippen LogP contribution in [0.5, 0.6) is 0 Å². The molecule has 5 heteroatoms. The van der Waals surface area contributed by atoms with Crippen LogP contribution in [0, 0.1) is 0 Å². The van der Waals surface area contributed by atoms with Crippen LogP contribution in [0.2, 0.25) is 0 Å². The summed E-state index contributed by atoms with van der Waals surface area (Å²) >= 11 is 0. The number of pyridine rings is 1. The van der Waals surface area contributed by atoms with Crippen LogP contribution >= 0.6 is 0 Å². The first-order valence-corrected chi connectivity index (χ1v) is 8.01. The van der Waals surface area contributed by atoms with Gasteiger partial charge in [-0.3, -0.25) is 14.6 Å². The Labute approximate surface area is 146 Å². The molecule has 0 saturated carbocycles. The maximum absolute atomic E-state index is 12.3. The lowest BCUT2D eigenvalue weighted by Gasteiger charge is -2.15. The Morgan fingerprint density at radius 2 is 1.76 bits per heavy atom. The normalized spacial score (nSPS) is 10.5. The van der Waals surface area contributed by atoms with Gasteiger partial charge in [-0.25, -0.2) is 0 Å². The second-order valence-corrected chi connectivity index (χ2v) is 5.85. The lowest BCUT2D eigenvalue weighted by molar-refractivity contribution is -0.116. The van der Waals surface area contributed by atoms with E-state index in [0.717, 1.165) is 22.2 Å². The van der Waals surface area contributed by atoms with E-state index in [2.05, 4.69) is 10.3 Å². The number of hydrogen-bond acceptors (Lipinski definition) is 3. The summed E-state index contributed by atoms with van der Waals surface area (Å²) in [5.41, 5.74) is 3.16. The highest BCUT2D eigenvalue weighted by molar-refractivity contribution is 6.00. The van der Waals surface area contributed by atoms with Gasteiger partial charge in [-0.1, -0.05) is 30.3 Å². The average molecular weight is 333 g/mol. The minimum Gasteiger partial charge on any atom is -0.324 e. The molecular formula is C20H19N3O2. The molecule has 0 spiro atoms. The number of nitrogens with one attached hydrogen (secondary N) is 1. The second kappa shape index (κ2) is 7.13. The van der Waals surface area contributed by atoms with E-state index >= 15 is 0 Å². The van der Waals surface area contributed by atoms with Crippen molar-refractivity contribution in [3.8, 4) is 0 Å². The Morgan fingerprint density at radius 1 is 1.04 bits per heavy atom. The predicted octanol–water partition coefficient (Wildman–Crippen LogP) is 3.40. The minimum atomic E-state index is -0.106. The van der Waals surface area contributed by atoms with Gasteiger partial charge in [0, 0.05) is 31.2 Å². The number of amides is 2. The van der Waals surface area contributed by atoms with Gasteiger partial charge in [0.15, 0.2) is 0 Å². The summed E-state index contributed by atoms with van der Waals surface area (Å²) in [6.45, 7) is 1.51. The van der Waals surface area contributed by atoms with Gasteiger partial charge in [0.2, 0.25) is 11.8 Å². The van der Waals surface area contributed by atoms with Crippen molar-refractivity contribution >= 4 is 34.1 Å². The van der Waals surface area contributed by atoms with Crippen molar-refractivity contribution in [3.63, 3.8) is 0 Å². The third-order valence-electron chi connectivity index (χ3n) is 4.07. The quantitative estimate of drug-likeness (QED) is 0.796. The summed E-state index contributed by atoms with van der Waals surface area (Å²) in [6, 6.07) is 16.9. The van der Waals surface area contributed by atoms with Crippen LogP contribution in [0.4, 0.5) is 11.4 Å². The van der Waals surface area contributed by atoms with Crippen molar-refractivity contribution in [2.75, 3.05) is 17.3 Å². The highest BCUT2D eigenvalue weighted by Crippen LogP contribution is 2.21. The molecule has 0 bridgehead atoms. The van der Waals surface area contributed by atoms with Gasteiger partial charge in [-0.15, -0.1) is 0 Å². The summed E-state index contributed by atoms with van der Waals surface area (Å²) in [7, 11) is 1.72. The Balaban J connectivity index is 1.71. The second-order valence-electron chi connectivity index (χ2n) is 5.85. The Hall–Kier alpha value is -3.21. The number of carbonyl (C=O) groups excluding carboxylic acids is 2. The third kappa shape index (κ3) is 3.83. The zero-order chi connectivity index (χ0) is 17.8. The van der Waals surface area contributed by atoms with Crippen LogP contribution in [0.1, 0.15) is 12.5 Å². The molecule has 0 aliphatic carbocycles. The number of aromatic nitrogens is 1. The van der Waals surface area contributed by atoms with Crippen molar-refractivity contribution in [1.29, 1.82) is 0 Å². The van der Waals surface area contributed by atoms with E-state index in [1.165, 1.54) is 6.92 Å². The molecule has 1 aromatic heterocycles. The zero-order valence-electron chi connectivity index (χ0n) is 14.2. The summed E-state index contributed by atoms with van der Waals surface area (Å²) in [5.74, 6) is -0.139. The van der Waals surface area contributed by atoms with Crippen molar-refractivity contribution in [1.82, 2.24) is 4.98 Å². The van der Waals surface area contributed by atoms with E-state index < -0.39 is 0 Å². The topological polar surface area (TPSA) is 62.3 Å². The van der Waals surface area contributed by atoms with Crippen LogP contribution in [0.3, 0.4) is 0 Å². The summed E-state index contributed by atoms with van der Waals surface area (Å²) in [6.07, 6.45) is 1.97. The molecular weight excluding hydrogens is 314 g/mol. The number of hydrogen-bond donors (Lipinski definition) is 1. The molecule has 3 rings (SSSR count). The maximum atomic E-state index is 12.3. The van der Waals surface area contributed by atoms with Crippen molar-refractivity contribution in [3.05, 3.63) is 66.4 Å². The number of rotatable bonds is 4. The third-order valence-corrected chi connectivity index (χ3v) is 4.07. The number of benzene rings is 2. The summed E-state index contributed by atoms with van der Waals surface area (Å²) < 4.78 is 0. The Morgan fingerprint density at radius 3 is 2.48 bits per heavy atom. The average Bonchev–Trinajstić information content (AvgIpc) is 2.62. The van der Waals surface area contributed by atoms with E-state index in [0.29, 0.717) is 5.69 Å². The lowest BCUT2D eigenvalue weighted by atomic mass is 10.1. The standard InChI is InChI=1S/C20H19N3O2/c1-14(24)23(2)17-10-8-15(9-11-17)13-19(25)22-18-7-3-5-16-6-4-12-21-20(16)18/h3-12H,13H2,1-2H3,(H,22,25). The van der Waals surface area contributed by atoms with Crippen molar-refractivity contribution in [2.45, 2.75) is 13.3 Å².